The predicted molar refractivity (Wildman–Crippen MR) is 76.0 cm³/mol. The molecule has 0 aliphatic carbocycles. The number of carbonyl (C=O) groups excluding carboxylic acids is 1. The van der Waals surface area contributed by atoms with Crippen LogP contribution in [-0.2, 0) is 4.74 Å². The van der Waals surface area contributed by atoms with E-state index < -0.39 is 5.97 Å². The molecule has 0 aliphatic rings. The Balaban J connectivity index is 2.57. The van der Waals surface area contributed by atoms with E-state index >= 15 is 0 Å². The molecule has 0 unspecified atom stereocenters. The molecule has 0 saturated carbocycles. The Bertz CT molecular complexity index is 644. The van der Waals surface area contributed by atoms with Gasteiger partial charge in [-0.1, -0.05) is 34.8 Å². The van der Waals surface area contributed by atoms with Gasteiger partial charge in [-0.15, -0.1) is 0 Å². The second-order valence-corrected chi connectivity index (χ2v) is 4.89. The normalized spacial score (nSPS) is 10.3. The zero-order valence-corrected chi connectivity index (χ0v) is 12.1. The number of hydrogen-bond donors (Lipinski definition) is 0. The van der Waals surface area contributed by atoms with E-state index in [4.69, 9.17) is 34.8 Å². The second-order valence-electron chi connectivity index (χ2n) is 3.64. The molecule has 6 heteroatoms. The number of halogens is 3. The molecule has 3 nitrogen and oxygen atoms in total. The lowest BCUT2D eigenvalue weighted by atomic mass is 10.1. The van der Waals surface area contributed by atoms with E-state index in [1.165, 1.54) is 7.11 Å². The van der Waals surface area contributed by atoms with Gasteiger partial charge >= 0.3 is 5.97 Å². The average Bonchev–Trinajstić information content (AvgIpc) is 2.41. The highest BCUT2D eigenvalue weighted by Gasteiger charge is 2.15. The van der Waals surface area contributed by atoms with Crippen molar-refractivity contribution in [3.63, 3.8) is 0 Å². The average molecular weight is 317 g/mol. The number of esters is 1. The fourth-order valence-corrected chi connectivity index (χ4v) is 2.09. The van der Waals surface area contributed by atoms with E-state index in [0.29, 0.717) is 21.3 Å². The third-order valence-electron chi connectivity index (χ3n) is 2.43. The molecule has 98 valence electrons. The van der Waals surface area contributed by atoms with E-state index in [0.717, 1.165) is 0 Å². The Morgan fingerprint density at radius 1 is 1.11 bits per heavy atom. The van der Waals surface area contributed by atoms with Crippen LogP contribution in [0.3, 0.4) is 0 Å². The summed E-state index contributed by atoms with van der Waals surface area (Å²) in [5, 5.41) is 1.22. The Morgan fingerprint density at radius 3 is 2.47 bits per heavy atom. The van der Waals surface area contributed by atoms with E-state index in [9.17, 15) is 4.79 Å². The summed E-state index contributed by atoms with van der Waals surface area (Å²) in [4.78, 5) is 15.7. The molecule has 1 heterocycles. The molecule has 0 atom stereocenters. The van der Waals surface area contributed by atoms with Gasteiger partial charge in [0.15, 0.2) is 5.69 Å². The van der Waals surface area contributed by atoms with E-state index in [2.05, 4.69) is 9.72 Å². The fourth-order valence-electron chi connectivity index (χ4n) is 1.53. The summed E-state index contributed by atoms with van der Waals surface area (Å²) in [6.07, 6.45) is 0. The number of methoxy groups -OCH3 is 1. The van der Waals surface area contributed by atoms with Crippen LogP contribution in [0.1, 0.15) is 10.5 Å². The molecule has 0 bridgehead atoms. The van der Waals surface area contributed by atoms with Gasteiger partial charge in [0.25, 0.3) is 0 Å². The first-order chi connectivity index (χ1) is 9.02. The summed E-state index contributed by atoms with van der Waals surface area (Å²) in [6.45, 7) is 0. The van der Waals surface area contributed by atoms with Gasteiger partial charge in [0, 0.05) is 10.6 Å². The lowest BCUT2D eigenvalue weighted by Gasteiger charge is -2.07. The molecular weight excluding hydrogens is 309 g/mol. The highest BCUT2D eigenvalue weighted by molar-refractivity contribution is 6.35. The molecule has 2 rings (SSSR count). The zero-order chi connectivity index (χ0) is 14.0. The largest absolute Gasteiger partial charge is 0.464 e. The van der Waals surface area contributed by atoms with Crippen molar-refractivity contribution in [3.05, 3.63) is 51.1 Å². The van der Waals surface area contributed by atoms with E-state index in [1.807, 2.05) is 0 Å². The molecule has 0 N–H and O–H groups in total. The summed E-state index contributed by atoms with van der Waals surface area (Å²) >= 11 is 17.9. The summed E-state index contributed by atoms with van der Waals surface area (Å²) in [5.41, 5.74) is 1.16. The Kier molecular flexibility index (Phi) is 4.30. The number of rotatable bonds is 2. The molecule has 1 aromatic carbocycles. The van der Waals surface area contributed by atoms with Crippen LogP contribution in [0.15, 0.2) is 30.3 Å². The number of benzene rings is 1. The minimum absolute atomic E-state index is 0.0395. The molecule has 0 aliphatic heterocycles. The Hall–Kier alpha value is -1.29. The first kappa shape index (κ1) is 14.1. The lowest BCUT2D eigenvalue weighted by molar-refractivity contribution is 0.0594. The fraction of sp³-hybridized carbons (Fsp3) is 0.0769. The number of nitrogens with zero attached hydrogens (tertiary/aromatic N) is 1. The van der Waals surface area contributed by atoms with Crippen LogP contribution < -0.4 is 0 Å². The van der Waals surface area contributed by atoms with E-state index in [-0.39, 0.29) is 10.7 Å². The summed E-state index contributed by atoms with van der Waals surface area (Å²) in [6, 6.07) is 8.22. The van der Waals surface area contributed by atoms with Crippen molar-refractivity contribution in [1.82, 2.24) is 4.98 Å². The molecule has 0 spiro atoms. The predicted octanol–water partition coefficient (Wildman–Crippen LogP) is 4.50. The van der Waals surface area contributed by atoms with Gasteiger partial charge in [-0.05, 0) is 30.3 Å². The molecule has 19 heavy (non-hydrogen) atoms. The number of hydrogen-bond acceptors (Lipinski definition) is 3. The van der Waals surface area contributed by atoms with Crippen molar-refractivity contribution in [1.29, 1.82) is 0 Å². The van der Waals surface area contributed by atoms with Gasteiger partial charge in [0.2, 0.25) is 0 Å². The number of ether oxygens (including phenoxy) is 1. The van der Waals surface area contributed by atoms with Gasteiger partial charge in [-0.25, -0.2) is 9.78 Å². The van der Waals surface area contributed by atoms with Gasteiger partial charge in [0.05, 0.1) is 22.8 Å². The highest BCUT2D eigenvalue weighted by atomic mass is 35.5. The Labute approximate surface area is 125 Å². The molecule has 2 aromatic rings. The van der Waals surface area contributed by atoms with Gasteiger partial charge < -0.3 is 4.74 Å². The summed E-state index contributed by atoms with van der Waals surface area (Å²) < 4.78 is 4.62. The standard InChI is InChI=1S/C13H8Cl3NO2/c1-19-13(18)12-10(16)4-5-11(17-12)8-6-7(14)2-3-9(8)15/h2-6H,1H3. The Morgan fingerprint density at radius 2 is 1.79 bits per heavy atom. The second kappa shape index (κ2) is 5.78. The third kappa shape index (κ3) is 3.00. The molecule has 1 aromatic heterocycles. The summed E-state index contributed by atoms with van der Waals surface area (Å²) in [5.74, 6) is -0.606. The van der Waals surface area contributed by atoms with Crippen LogP contribution in [0, 0.1) is 0 Å². The lowest BCUT2D eigenvalue weighted by Crippen LogP contribution is -2.06. The monoisotopic (exact) mass is 315 g/mol. The molecule has 0 fully saturated rings. The van der Waals surface area contributed by atoms with Gasteiger partial charge in [0.1, 0.15) is 0 Å². The van der Waals surface area contributed by atoms with E-state index in [1.54, 1.807) is 30.3 Å². The summed E-state index contributed by atoms with van der Waals surface area (Å²) in [7, 11) is 1.26. The maximum absolute atomic E-state index is 11.5. The minimum Gasteiger partial charge on any atom is -0.464 e. The first-order valence-corrected chi connectivity index (χ1v) is 6.36. The molecule has 0 amide bonds. The van der Waals surface area contributed by atoms with Gasteiger partial charge in [-0.2, -0.15) is 0 Å². The quantitative estimate of drug-likeness (QED) is 0.766. The van der Waals surface area contributed by atoms with Crippen molar-refractivity contribution >= 4 is 40.8 Å². The van der Waals surface area contributed by atoms with Crippen LogP contribution in [0.5, 0.6) is 0 Å². The first-order valence-electron chi connectivity index (χ1n) is 5.23. The van der Waals surface area contributed by atoms with Crippen LogP contribution >= 0.6 is 34.8 Å². The van der Waals surface area contributed by atoms with Crippen molar-refractivity contribution < 1.29 is 9.53 Å². The van der Waals surface area contributed by atoms with Crippen LogP contribution in [-0.4, -0.2) is 18.1 Å². The van der Waals surface area contributed by atoms with Crippen molar-refractivity contribution in [2.45, 2.75) is 0 Å². The third-order valence-corrected chi connectivity index (χ3v) is 3.30. The topological polar surface area (TPSA) is 39.2 Å². The van der Waals surface area contributed by atoms with Crippen molar-refractivity contribution in [2.75, 3.05) is 7.11 Å². The molecule has 0 radical (unpaired) electrons. The maximum atomic E-state index is 11.5. The van der Waals surface area contributed by atoms with Crippen molar-refractivity contribution in [2.24, 2.45) is 0 Å². The number of pyridine rings is 1. The van der Waals surface area contributed by atoms with Crippen LogP contribution in [0.4, 0.5) is 0 Å². The smallest absolute Gasteiger partial charge is 0.358 e. The number of aromatic nitrogens is 1. The number of carbonyl (C=O) groups is 1. The highest BCUT2D eigenvalue weighted by Crippen LogP contribution is 2.30. The maximum Gasteiger partial charge on any atom is 0.358 e. The van der Waals surface area contributed by atoms with Crippen LogP contribution in [0.25, 0.3) is 11.3 Å². The minimum atomic E-state index is -0.606. The zero-order valence-electron chi connectivity index (χ0n) is 9.78. The van der Waals surface area contributed by atoms with Gasteiger partial charge in [-0.3, -0.25) is 0 Å². The van der Waals surface area contributed by atoms with Crippen LogP contribution in [0.2, 0.25) is 15.1 Å². The molecule has 0 saturated heterocycles. The van der Waals surface area contributed by atoms with Crippen molar-refractivity contribution in [3.8, 4) is 11.3 Å². The molecular formula is C13H8Cl3NO2. The SMILES string of the molecule is COC(=O)c1nc(-c2cc(Cl)ccc2Cl)ccc1Cl.